The van der Waals surface area contributed by atoms with Crippen molar-refractivity contribution in [2.75, 3.05) is 39.3 Å². The van der Waals surface area contributed by atoms with Crippen molar-refractivity contribution in [2.24, 2.45) is 5.92 Å². The molecule has 156 valence electrons. The summed E-state index contributed by atoms with van der Waals surface area (Å²) in [6.45, 7) is 7.74. The van der Waals surface area contributed by atoms with Crippen molar-refractivity contribution in [1.82, 2.24) is 15.1 Å². The Morgan fingerprint density at radius 3 is 2.43 bits per heavy atom. The topological polar surface area (TPSA) is 55.8 Å². The first-order valence-corrected chi connectivity index (χ1v) is 11.1. The van der Waals surface area contributed by atoms with Crippen LogP contribution < -0.4 is 5.32 Å². The van der Waals surface area contributed by atoms with E-state index in [1.807, 2.05) is 0 Å². The molecule has 0 unspecified atom stereocenters. The van der Waals surface area contributed by atoms with Gasteiger partial charge in [-0.15, -0.1) is 0 Å². The highest BCUT2D eigenvalue weighted by atomic mass is 16.3. The molecule has 0 saturated carbocycles. The molecule has 1 amide bonds. The molecule has 2 heterocycles. The molecule has 0 aromatic heterocycles. The van der Waals surface area contributed by atoms with Gasteiger partial charge in [0, 0.05) is 18.5 Å². The number of carbonyl (C=O) groups is 1. The summed E-state index contributed by atoms with van der Waals surface area (Å²) in [6.07, 6.45) is 6.34. The van der Waals surface area contributed by atoms with E-state index in [9.17, 15) is 9.90 Å². The zero-order valence-corrected chi connectivity index (χ0v) is 17.4. The van der Waals surface area contributed by atoms with Crippen LogP contribution in [-0.4, -0.2) is 72.2 Å². The fourth-order valence-electron chi connectivity index (χ4n) is 4.58. The molecule has 2 fully saturated rings. The number of aliphatic hydroxyl groups excluding tert-OH is 1. The fourth-order valence-corrected chi connectivity index (χ4v) is 4.58. The zero-order chi connectivity index (χ0) is 19.8. The van der Waals surface area contributed by atoms with Crippen LogP contribution in [0, 0.1) is 5.92 Å². The quantitative estimate of drug-likeness (QED) is 0.719. The molecule has 5 nitrogen and oxygen atoms in total. The molecule has 1 aromatic carbocycles. The second kappa shape index (κ2) is 10.9. The second-order valence-electron chi connectivity index (χ2n) is 8.57. The number of hydrogen-bond donors (Lipinski definition) is 2. The van der Waals surface area contributed by atoms with Crippen molar-refractivity contribution in [3.8, 4) is 0 Å². The first kappa shape index (κ1) is 21.3. The lowest BCUT2D eigenvalue weighted by molar-refractivity contribution is -0.127. The van der Waals surface area contributed by atoms with Crippen LogP contribution in [0.3, 0.4) is 0 Å². The highest BCUT2D eigenvalue weighted by molar-refractivity contribution is 5.78. The fraction of sp³-hybridized carbons (Fsp3) is 0.696. The summed E-state index contributed by atoms with van der Waals surface area (Å²) in [4.78, 5) is 17.4. The first-order valence-electron chi connectivity index (χ1n) is 11.1. The number of benzene rings is 1. The molecule has 3 rings (SSSR count). The molecule has 2 aliphatic heterocycles. The maximum atomic E-state index is 12.2. The van der Waals surface area contributed by atoms with E-state index in [0.29, 0.717) is 12.6 Å². The van der Waals surface area contributed by atoms with Gasteiger partial charge >= 0.3 is 0 Å². The van der Waals surface area contributed by atoms with Crippen LogP contribution >= 0.6 is 0 Å². The Bertz CT molecular complexity index is 577. The van der Waals surface area contributed by atoms with Gasteiger partial charge in [0.25, 0.3) is 0 Å². The van der Waals surface area contributed by atoms with Gasteiger partial charge in [-0.1, -0.05) is 30.3 Å². The number of piperidine rings is 2. The van der Waals surface area contributed by atoms with Crippen LogP contribution in [0.1, 0.15) is 44.6 Å². The third-order valence-electron chi connectivity index (χ3n) is 6.33. The lowest BCUT2D eigenvalue weighted by Crippen LogP contribution is -2.49. The Morgan fingerprint density at radius 2 is 1.79 bits per heavy atom. The van der Waals surface area contributed by atoms with Crippen molar-refractivity contribution in [1.29, 1.82) is 0 Å². The van der Waals surface area contributed by atoms with Crippen molar-refractivity contribution in [2.45, 2.75) is 57.6 Å². The van der Waals surface area contributed by atoms with E-state index in [2.05, 4.69) is 45.4 Å². The Labute approximate surface area is 170 Å². The highest BCUT2D eigenvalue weighted by Gasteiger charge is 2.30. The van der Waals surface area contributed by atoms with Crippen molar-refractivity contribution in [3.63, 3.8) is 0 Å². The minimum atomic E-state index is -0.470. The number of nitrogens with one attached hydrogen (secondary N) is 1. The lowest BCUT2D eigenvalue weighted by Gasteiger charge is -2.41. The number of aliphatic hydroxyl groups is 1. The molecule has 2 N–H and O–H groups in total. The lowest BCUT2D eigenvalue weighted by atomic mass is 9.92. The number of aryl methyl sites for hydroxylation is 1. The SMILES string of the molecule is C[C@@H](O)CNC(=O)C1CCN(C2CCN(CCCc3ccccc3)CC2)CC1. The molecule has 1 aromatic rings. The van der Waals surface area contributed by atoms with E-state index in [-0.39, 0.29) is 11.8 Å². The van der Waals surface area contributed by atoms with Gasteiger partial charge in [0.2, 0.25) is 5.91 Å². The molecule has 0 aliphatic carbocycles. The first-order chi connectivity index (χ1) is 13.6. The van der Waals surface area contributed by atoms with Crippen LogP contribution in [0.5, 0.6) is 0 Å². The Kier molecular flexibility index (Phi) is 8.31. The monoisotopic (exact) mass is 387 g/mol. The largest absolute Gasteiger partial charge is 0.392 e. The van der Waals surface area contributed by atoms with Crippen molar-refractivity contribution in [3.05, 3.63) is 35.9 Å². The van der Waals surface area contributed by atoms with Crippen molar-refractivity contribution < 1.29 is 9.90 Å². The summed E-state index contributed by atoms with van der Waals surface area (Å²) in [5.41, 5.74) is 1.44. The van der Waals surface area contributed by atoms with E-state index >= 15 is 0 Å². The molecule has 0 spiro atoms. The number of amides is 1. The summed E-state index contributed by atoms with van der Waals surface area (Å²) in [5.74, 6) is 0.238. The standard InChI is InChI=1S/C23H37N3O2/c1-19(27)18-24-23(28)21-9-16-26(17-10-21)22-11-14-25(15-12-22)13-5-8-20-6-3-2-4-7-20/h2-4,6-7,19,21-22,27H,5,8-18H2,1H3,(H,24,28)/t19-/m1/s1. The Balaban J connectivity index is 1.30. The van der Waals surface area contributed by atoms with Gasteiger partial charge in [-0.05, 0) is 83.7 Å². The van der Waals surface area contributed by atoms with Gasteiger partial charge < -0.3 is 20.2 Å². The molecule has 0 bridgehead atoms. The minimum Gasteiger partial charge on any atom is -0.392 e. The predicted molar refractivity (Wildman–Crippen MR) is 113 cm³/mol. The van der Waals surface area contributed by atoms with E-state index in [1.54, 1.807) is 6.92 Å². The van der Waals surface area contributed by atoms with E-state index in [4.69, 9.17) is 0 Å². The van der Waals surface area contributed by atoms with Gasteiger partial charge in [-0.3, -0.25) is 4.79 Å². The summed E-state index contributed by atoms with van der Waals surface area (Å²) in [5, 5.41) is 12.2. The summed E-state index contributed by atoms with van der Waals surface area (Å²) in [7, 11) is 0. The third kappa shape index (κ3) is 6.57. The van der Waals surface area contributed by atoms with Gasteiger partial charge in [-0.25, -0.2) is 0 Å². The molecular formula is C23H37N3O2. The molecule has 0 radical (unpaired) electrons. The molecule has 28 heavy (non-hydrogen) atoms. The summed E-state index contributed by atoms with van der Waals surface area (Å²) >= 11 is 0. The number of rotatable bonds is 8. The molecule has 2 saturated heterocycles. The maximum Gasteiger partial charge on any atom is 0.223 e. The summed E-state index contributed by atoms with van der Waals surface area (Å²) < 4.78 is 0. The molecule has 1 atom stereocenters. The normalized spacial score (nSPS) is 21.5. The molecule has 5 heteroatoms. The van der Waals surface area contributed by atoms with Gasteiger partial charge in [0.1, 0.15) is 0 Å². The smallest absolute Gasteiger partial charge is 0.223 e. The van der Waals surface area contributed by atoms with E-state index in [0.717, 1.165) is 25.9 Å². The van der Waals surface area contributed by atoms with Crippen LogP contribution in [0.2, 0.25) is 0 Å². The van der Waals surface area contributed by atoms with Crippen LogP contribution in [0.15, 0.2) is 30.3 Å². The van der Waals surface area contributed by atoms with Gasteiger partial charge in [0.05, 0.1) is 6.10 Å². The third-order valence-corrected chi connectivity index (χ3v) is 6.33. The molecular weight excluding hydrogens is 350 g/mol. The minimum absolute atomic E-state index is 0.119. The zero-order valence-electron chi connectivity index (χ0n) is 17.4. The van der Waals surface area contributed by atoms with E-state index in [1.165, 1.54) is 50.9 Å². The van der Waals surface area contributed by atoms with Gasteiger partial charge in [-0.2, -0.15) is 0 Å². The maximum absolute atomic E-state index is 12.2. The molecule has 2 aliphatic rings. The number of nitrogens with zero attached hydrogens (tertiary/aromatic N) is 2. The van der Waals surface area contributed by atoms with Gasteiger partial charge in [0.15, 0.2) is 0 Å². The Morgan fingerprint density at radius 1 is 1.11 bits per heavy atom. The number of likely N-dealkylation sites (tertiary alicyclic amines) is 2. The van der Waals surface area contributed by atoms with Crippen molar-refractivity contribution >= 4 is 5.91 Å². The summed E-state index contributed by atoms with van der Waals surface area (Å²) in [6, 6.07) is 11.5. The average molecular weight is 388 g/mol. The van der Waals surface area contributed by atoms with E-state index < -0.39 is 6.10 Å². The number of carbonyl (C=O) groups excluding carboxylic acids is 1. The average Bonchev–Trinajstić information content (AvgIpc) is 2.73. The predicted octanol–water partition coefficient (Wildman–Crippen LogP) is 2.29. The van der Waals surface area contributed by atoms with Crippen LogP contribution in [-0.2, 0) is 11.2 Å². The van der Waals surface area contributed by atoms with Crippen LogP contribution in [0.4, 0.5) is 0 Å². The Hall–Kier alpha value is -1.43. The number of hydrogen-bond acceptors (Lipinski definition) is 4. The highest BCUT2D eigenvalue weighted by Crippen LogP contribution is 2.24. The van der Waals surface area contributed by atoms with Crippen LogP contribution in [0.25, 0.3) is 0 Å². The second-order valence-corrected chi connectivity index (χ2v) is 8.57.